The maximum Gasteiger partial charge on any atom is 0.0125 e. The molecule has 4 saturated heterocycles. The van der Waals surface area contributed by atoms with E-state index in [1.807, 2.05) is 0 Å². The van der Waals surface area contributed by atoms with Gasteiger partial charge in [0.2, 0.25) is 0 Å². The van der Waals surface area contributed by atoms with Crippen molar-refractivity contribution >= 4 is 0 Å². The van der Waals surface area contributed by atoms with Crippen molar-refractivity contribution in [3.05, 3.63) is 0 Å². The smallest absolute Gasteiger partial charge is 0.0125 e. The molecule has 4 rings (SSSR count). The van der Waals surface area contributed by atoms with Crippen LogP contribution in [0.25, 0.3) is 0 Å². The number of piperazine rings is 1. The highest BCUT2D eigenvalue weighted by atomic mass is 15.3. The molecule has 198 valence electrons. The molecular weight excluding hydrogens is 418 g/mol. The van der Waals surface area contributed by atoms with Crippen molar-refractivity contribution in [1.82, 2.24) is 24.5 Å². The highest BCUT2D eigenvalue weighted by Gasteiger charge is 2.33. The van der Waals surface area contributed by atoms with Gasteiger partial charge >= 0.3 is 0 Å². The van der Waals surface area contributed by atoms with E-state index in [9.17, 15) is 0 Å². The van der Waals surface area contributed by atoms with Gasteiger partial charge < -0.3 is 14.7 Å². The first kappa shape index (κ1) is 26.9. The molecule has 0 aliphatic carbocycles. The Morgan fingerprint density at radius 1 is 0.529 bits per heavy atom. The zero-order valence-corrected chi connectivity index (χ0v) is 23.7. The molecule has 0 unspecified atom stereocenters. The highest BCUT2D eigenvalue weighted by Crippen LogP contribution is 2.28. The summed E-state index contributed by atoms with van der Waals surface area (Å²) in [4.78, 5) is 13.9. The molecule has 4 heterocycles. The molecule has 4 fully saturated rings. The quantitative estimate of drug-likeness (QED) is 0.594. The molecule has 0 aromatic rings. The number of nitrogens with zero attached hydrogens (tertiary/aromatic N) is 5. The first-order valence-electron chi connectivity index (χ1n) is 14.7. The molecule has 0 bridgehead atoms. The van der Waals surface area contributed by atoms with Crippen LogP contribution in [-0.4, -0.2) is 121 Å². The standard InChI is InChI=1S/C29H57N5/c1-28(2,3)24-31-19-21-33(22-20-31)27-11-15-32(16-12-27)26-9-13-30(14-10-26)23-25-7-17-34(18-8-25)29(4,5)6/h25-27H,7-24H2,1-6H3. The minimum Gasteiger partial charge on any atom is -0.303 e. The Morgan fingerprint density at radius 2 is 1.03 bits per heavy atom. The maximum atomic E-state index is 2.87. The summed E-state index contributed by atoms with van der Waals surface area (Å²) in [6.07, 6.45) is 8.38. The third-order valence-corrected chi connectivity index (χ3v) is 9.27. The van der Waals surface area contributed by atoms with Gasteiger partial charge in [0.25, 0.3) is 0 Å². The molecule has 0 saturated carbocycles. The molecule has 0 amide bonds. The molecule has 0 radical (unpaired) electrons. The molecular formula is C29H57N5. The van der Waals surface area contributed by atoms with E-state index >= 15 is 0 Å². The Bertz CT molecular complexity index is 591. The van der Waals surface area contributed by atoms with Crippen molar-refractivity contribution in [1.29, 1.82) is 0 Å². The van der Waals surface area contributed by atoms with E-state index < -0.39 is 0 Å². The topological polar surface area (TPSA) is 16.2 Å². The highest BCUT2D eigenvalue weighted by molar-refractivity contribution is 4.89. The van der Waals surface area contributed by atoms with Crippen molar-refractivity contribution in [3.8, 4) is 0 Å². The fraction of sp³-hybridized carbons (Fsp3) is 1.00. The summed E-state index contributed by atoms with van der Waals surface area (Å²) in [6, 6.07) is 1.69. The molecule has 0 atom stereocenters. The SMILES string of the molecule is CC(C)(C)CN1CCN(C2CCN(C3CCN(CC4CCN(C(C)(C)C)CC4)CC3)CC2)CC1. The summed E-state index contributed by atoms with van der Waals surface area (Å²) in [7, 11) is 0. The summed E-state index contributed by atoms with van der Waals surface area (Å²) in [5.74, 6) is 0.926. The second-order valence-corrected chi connectivity index (χ2v) is 14.3. The Kier molecular flexibility index (Phi) is 9.05. The van der Waals surface area contributed by atoms with Crippen LogP contribution in [-0.2, 0) is 0 Å². The van der Waals surface area contributed by atoms with Gasteiger partial charge in [0, 0.05) is 56.9 Å². The molecule has 34 heavy (non-hydrogen) atoms. The van der Waals surface area contributed by atoms with Crippen molar-refractivity contribution in [3.63, 3.8) is 0 Å². The van der Waals surface area contributed by atoms with Gasteiger partial charge in [-0.2, -0.15) is 0 Å². The van der Waals surface area contributed by atoms with E-state index in [1.54, 1.807) is 0 Å². The van der Waals surface area contributed by atoms with Crippen molar-refractivity contribution in [2.24, 2.45) is 11.3 Å². The molecule has 0 aromatic heterocycles. The van der Waals surface area contributed by atoms with Crippen molar-refractivity contribution in [2.45, 2.75) is 97.7 Å². The van der Waals surface area contributed by atoms with Crippen LogP contribution >= 0.6 is 0 Å². The fourth-order valence-electron chi connectivity index (χ4n) is 7.19. The second-order valence-electron chi connectivity index (χ2n) is 14.3. The van der Waals surface area contributed by atoms with Crippen LogP contribution in [0.5, 0.6) is 0 Å². The van der Waals surface area contributed by atoms with Gasteiger partial charge in [-0.15, -0.1) is 0 Å². The Hall–Kier alpha value is -0.200. The Labute approximate surface area is 212 Å². The van der Waals surface area contributed by atoms with Crippen LogP contribution in [0.2, 0.25) is 0 Å². The summed E-state index contributed by atoms with van der Waals surface area (Å²) in [5, 5.41) is 0. The van der Waals surface area contributed by atoms with Crippen LogP contribution in [0.4, 0.5) is 0 Å². The number of likely N-dealkylation sites (tertiary alicyclic amines) is 3. The normalized spacial score (nSPS) is 28.1. The summed E-state index contributed by atoms with van der Waals surface area (Å²) >= 11 is 0. The third kappa shape index (κ3) is 7.65. The van der Waals surface area contributed by atoms with E-state index in [0.717, 1.165) is 18.0 Å². The van der Waals surface area contributed by atoms with Gasteiger partial charge in [-0.1, -0.05) is 20.8 Å². The number of hydrogen-bond acceptors (Lipinski definition) is 5. The van der Waals surface area contributed by atoms with Crippen LogP contribution in [0, 0.1) is 11.3 Å². The average Bonchev–Trinajstić information content (AvgIpc) is 2.79. The van der Waals surface area contributed by atoms with Crippen LogP contribution in [0.1, 0.15) is 80.1 Å². The lowest BCUT2D eigenvalue weighted by Crippen LogP contribution is -2.55. The van der Waals surface area contributed by atoms with Gasteiger partial charge in [-0.25, -0.2) is 0 Å². The van der Waals surface area contributed by atoms with E-state index in [2.05, 4.69) is 66.0 Å². The molecule has 0 aromatic carbocycles. The molecule has 4 aliphatic heterocycles. The van der Waals surface area contributed by atoms with Crippen LogP contribution in [0.15, 0.2) is 0 Å². The van der Waals surface area contributed by atoms with Gasteiger partial charge in [-0.3, -0.25) is 9.80 Å². The summed E-state index contributed by atoms with van der Waals surface area (Å²) in [6.45, 7) is 29.9. The van der Waals surface area contributed by atoms with E-state index in [1.165, 1.54) is 117 Å². The number of hydrogen-bond donors (Lipinski definition) is 0. The lowest BCUT2D eigenvalue weighted by atomic mass is 9.91. The number of piperidine rings is 3. The molecule has 0 spiro atoms. The summed E-state index contributed by atoms with van der Waals surface area (Å²) < 4.78 is 0. The van der Waals surface area contributed by atoms with Crippen molar-refractivity contribution in [2.75, 3.05) is 78.5 Å². The van der Waals surface area contributed by atoms with Crippen LogP contribution < -0.4 is 0 Å². The van der Waals surface area contributed by atoms with Gasteiger partial charge in [0.1, 0.15) is 0 Å². The predicted octanol–water partition coefficient (Wildman–Crippen LogP) is 4.09. The fourth-order valence-corrected chi connectivity index (χ4v) is 7.19. The first-order chi connectivity index (χ1) is 16.1. The van der Waals surface area contributed by atoms with Gasteiger partial charge in [0.15, 0.2) is 0 Å². The van der Waals surface area contributed by atoms with E-state index in [-0.39, 0.29) is 0 Å². The average molecular weight is 476 g/mol. The molecule has 4 aliphatic rings. The maximum absolute atomic E-state index is 2.87. The van der Waals surface area contributed by atoms with Gasteiger partial charge in [0.05, 0.1) is 0 Å². The minimum absolute atomic E-state index is 0.345. The first-order valence-corrected chi connectivity index (χ1v) is 14.7. The van der Waals surface area contributed by atoms with E-state index in [4.69, 9.17) is 0 Å². The van der Waals surface area contributed by atoms with Gasteiger partial charge in [-0.05, 0) is 110 Å². The molecule has 5 nitrogen and oxygen atoms in total. The predicted molar refractivity (Wildman–Crippen MR) is 146 cm³/mol. The molecule has 5 heteroatoms. The number of rotatable bonds is 5. The lowest BCUT2D eigenvalue weighted by Gasteiger charge is -2.47. The van der Waals surface area contributed by atoms with Crippen LogP contribution in [0.3, 0.4) is 0 Å². The molecule has 0 N–H and O–H groups in total. The lowest BCUT2D eigenvalue weighted by molar-refractivity contribution is 0.0234. The zero-order chi connectivity index (χ0) is 24.3. The monoisotopic (exact) mass is 475 g/mol. The largest absolute Gasteiger partial charge is 0.303 e. The Balaban J connectivity index is 1.11. The van der Waals surface area contributed by atoms with E-state index in [0.29, 0.717) is 11.0 Å². The summed E-state index contributed by atoms with van der Waals surface area (Å²) in [5.41, 5.74) is 0.768. The second kappa shape index (κ2) is 11.5. The third-order valence-electron chi connectivity index (χ3n) is 9.27. The minimum atomic E-state index is 0.345. The zero-order valence-electron chi connectivity index (χ0n) is 23.7. The Morgan fingerprint density at radius 3 is 1.53 bits per heavy atom. The van der Waals surface area contributed by atoms with Crippen molar-refractivity contribution < 1.29 is 0 Å².